The zero-order valence-electron chi connectivity index (χ0n) is 12.0. The summed E-state index contributed by atoms with van der Waals surface area (Å²) in [6.07, 6.45) is 1.31. The highest BCUT2D eigenvalue weighted by Crippen LogP contribution is 2.15. The number of hydrogen-bond donors (Lipinski definition) is 0. The van der Waals surface area contributed by atoms with Crippen LogP contribution in [0.2, 0.25) is 0 Å². The molecule has 2 aromatic rings. The number of aldehydes is 1. The van der Waals surface area contributed by atoms with Crippen molar-refractivity contribution in [3.63, 3.8) is 0 Å². The van der Waals surface area contributed by atoms with Crippen LogP contribution in [0.3, 0.4) is 0 Å². The van der Waals surface area contributed by atoms with Crippen LogP contribution in [-0.4, -0.2) is 28.6 Å². The summed E-state index contributed by atoms with van der Waals surface area (Å²) in [5.74, 6) is -0.502. The summed E-state index contributed by atoms with van der Waals surface area (Å²) in [7, 11) is 0. The summed E-state index contributed by atoms with van der Waals surface area (Å²) in [6, 6.07) is 4.80. The first-order chi connectivity index (χ1) is 10.1. The van der Waals surface area contributed by atoms with Crippen molar-refractivity contribution in [1.29, 1.82) is 0 Å². The molecule has 0 atom stereocenters. The second kappa shape index (κ2) is 6.30. The number of nitrogens with zero attached hydrogens (tertiary/aromatic N) is 2. The Kier molecular flexibility index (Phi) is 4.47. The lowest BCUT2D eigenvalue weighted by Gasteiger charge is -2.10. The van der Waals surface area contributed by atoms with Gasteiger partial charge in [-0.3, -0.25) is 14.4 Å². The molecule has 0 bridgehead atoms. The molecule has 0 saturated heterocycles. The standard InChI is InChI=1S/C15H16N2O4/c1-3-13-12-7-10(9-18)5-6-11(12)15(20)17(16-13)8-14(19)21-4-2/h5-7,9H,3-4,8H2,1-2H3. The van der Waals surface area contributed by atoms with Gasteiger partial charge in [0, 0.05) is 10.9 Å². The fraction of sp³-hybridized carbons (Fsp3) is 0.333. The Morgan fingerprint density at radius 3 is 2.71 bits per heavy atom. The number of benzene rings is 1. The highest BCUT2D eigenvalue weighted by molar-refractivity contribution is 5.89. The third-order valence-corrected chi connectivity index (χ3v) is 3.12. The van der Waals surface area contributed by atoms with E-state index in [9.17, 15) is 14.4 Å². The van der Waals surface area contributed by atoms with Gasteiger partial charge in [-0.1, -0.05) is 13.0 Å². The molecule has 2 rings (SSSR count). The Balaban J connectivity index is 2.59. The van der Waals surface area contributed by atoms with Gasteiger partial charge >= 0.3 is 5.97 Å². The van der Waals surface area contributed by atoms with Crippen molar-refractivity contribution in [2.45, 2.75) is 26.8 Å². The molecule has 0 aliphatic carbocycles. The number of aromatic nitrogens is 2. The number of esters is 1. The van der Waals surface area contributed by atoms with E-state index in [4.69, 9.17) is 4.74 Å². The fourth-order valence-electron chi connectivity index (χ4n) is 2.14. The first-order valence-electron chi connectivity index (χ1n) is 6.75. The molecular formula is C15H16N2O4. The zero-order valence-corrected chi connectivity index (χ0v) is 12.0. The van der Waals surface area contributed by atoms with Gasteiger partial charge in [0.25, 0.3) is 5.56 Å². The van der Waals surface area contributed by atoms with E-state index in [1.54, 1.807) is 25.1 Å². The van der Waals surface area contributed by atoms with Crippen LogP contribution in [-0.2, 0) is 22.5 Å². The molecule has 0 unspecified atom stereocenters. The number of fused-ring (bicyclic) bond motifs is 1. The minimum Gasteiger partial charge on any atom is -0.465 e. The predicted octanol–water partition coefficient (Wildman–Crippen LogP) is 1.33. The molecule has 0 spiro atoms. The van der Waals surface area contributed by atoms with Crippen LogP contribution >= 0.6 is 0 Å². The lowest BCUT2D eigenvalue weighted by Crippen LogP contribution is -2.29. The van der Waals surface area contributed by atoms with Crippen LogP contribution in [0.15, 0.2) is 23.0 Å². The van der Waals surface area contributed by atoms with Crippen LogP contribution in [0.5, 0.6) is 0 Å². The van der Waals surface area contributed by atoms with Gasteiger partial charge in [0.05, 0.1) is 17.7 Å². The molecule has 1 aromatic carbocycles. The molecule has 21 heavy (non-hydrogen) atoms. The maximum atomic E-state index is 12.3. The molecule has 6 nitrogen and oxygen atoms in total. The van der Waals surface area contributed by atoms with Crippen LogP contribution < -0.4 is 5.56 Å². The van der Waals surface area contributed by atoms with E-state index in [1.807, 2.05) is 6.92 Å². The zero-order chi connectivity index (χ0) is 15.4. The topological polar surface area (TPSA) is 78.3 Å². The van der Waals surface area contributed by atoms with E-state index in [0.29, 0.717) is 28.5 Å². The summed E-state index contributed by atoms with van der Waals surface area (Å²) in [6.45, 7) is 3.64. The molecule has 0 aliphatic heterocycles. The Bertz CT molecular complexity index is 749. The normalized spacial score (nSPS) is 10.6. The largest absolute Gasteiger partial charge is 0.465 e. The molecule has 1 aromatic heterocycles. The first kappa shape index (κ1) is 14.9. The van der Waals surface area contributed by atoms with E-state index in [1.165, 1.54) is 0 Å². The number of carbonyl (C=O) groups excluding carboxylic acids is 2. The van der Waals surface area contributed by atoms with Gasteiger partial charge in [-0.15, -0.1) is 0 Å². The average Bonchev–Trinajstić information content (AvgIpc) is 2.49. The molecule has 0 radical (unpaired) electrons. The number of rotatable bonds is 5. The van der Waals surface area contributed by atoms with Crippen LogP contribution in [0.1, 0.15) is 29.9 Å². The van der Waals surface area contributed by atoms with Crippen molar-refractivity contribution in [3.05, 3.63) is 39.8 Å². The molecule has 6 heteroatoms. The molecule has 0 saturated carbocycles. The van der Waals surface area contributed by atoms with Crippen LogP contribution in [0, 0.1) is 0 Å². The first-order valence-corrected chi connectivity index (χ1v) is 6.75. The third kappa shape index (κ3) is 2.99. The van der Waals surface area contributed by atoms with Crippen LogP contribution in [0.4, 0.5) is 0 Å². The van der Waals surface area contributed by atoms with Crippen molar-refractivity contribution < 1.29 is 14.3 Å². The van der Waals surface area contributed by atoms with Gasteiger partial charge in [-0.2, -0.15) is 5.10 Å². The maximum absolute atomic E-state index is 12.3. The minimum atomic E-state index is -0.502. The molecule has 0 N–H and O–H groups in total. The lowest BCUT2D eigenvalue weighted by molar-refractivity contribution is -0.144. The van der Waals surface area contributed by atoms with E-state index in [2.05, 4.69) is 5.10 Å². The molecule has 0 fully saturated rings. The fourth-order valence-corrected chi connectivity index (χ4v) is 2.14. The van der Waals surface area contributed by atoms with Gasteiger partial charge in [0.15, 0.2) is 0 Å². The summed E-state index contributed by atoms with van der Waals surface area (Å²) in [5, 5.41) is 5.29. The molecular weight excluding hydrogens is 272 g/mol. The summed E-state index contributed by atoms with van der Waals surface area (Å²) < 4.78 is 5.95. The highest BCUT2D eigenvalue weighted by atomic mass is 16.5. The van der Waals surface area contributed by atoms with Gasteiger partial charge in [0.1, 0.15) is 12.8 Å². The maximum Gasteiger partial charge on any atom is 0.327 e. The summed E-state index contributed by atoms with van der Waals surface area (Å²) >= 11 is 0. The quantitative estimate of drug-likeness (QED) is 0.612. The van der Waals surface area contributed by atoms with Crippen molar-refractivity contribution in [1.82, 2.24) is 9.78 Å². The highest BCUT2D eigenvalue weighted by Gasteiger charge is 2.13. The van der Waals surface area contributed by atoms with E-state index >= 15 is 0 Å². The Morgan fingerprint density at radius 2 is 2.10 bits per heavy atom. The van der Waals surface area contributed by atoms with Gasteiger partial charge in [0.2, 0.25) is 0 Å². The van der Waals surface area contributed by atoms with Gasteiger partial charge < -0.3 is 4.74 Å². The van der Waals surface area contributed by atoms with Crippen molar-refractivity contribution in [3.8, 4) is 0 Å². The second-order valence-corrected chi connectivity index (χ2v) is 4.49. The molecule has 1 heterocycles. The molecule has 0 aliphatic rings. The summed E-state index contributed by atoms with van der Waals surface area (Å²) in [5.41, 5.74) is 0.784. The van der Waals surface area contributed by atoms with Gasteiger partial charge in [-0.25, -0.2) is 4.68 Å². The Labute approximate surface area is 121 Å². The van der Waals surface area contributed by atoms with Crippen molar-refractivity contribution in [2.24, 2.45) is 0 Å². The average molecular weight is 288 g/mol. The van der Waals surface area contributed by atoms with Crippen LogP contribution in [0.25, 0.3) is 10.8 Å². The number of hydrogen-bond acceptors (Lipinski definition) is 5. The van der Waals surface area contributed by atoms with Gasteiger partial charge in [-0.05, 0) is 25.5 Å². The van der Waals surface area contributed by atoms with E-state index < -0.39 is 5.97 Å². The number of carbonyl (C=O) groups is 2. The molecule has 0 amide bonds. The number of ether oxygens (including phenoxy) is 1. The second-order valence-electron chi connectivity index (χ2n) is 4.49. The van der Waals surface area contributed by atoms with E-state index in [0.717, 1.165) is 11.0 Å². The van der Waals surface area contributed by atoms with E-state index in [-0.39, 0.29) is 18.7 Å². The summed E-state index contributed by atoms with van der Waals surface area (Å²) in [4.78, 5) is 34.7. The SMILES string of the molecule is CCOC(=O)Cn1nc(CC)c2cc(C=O)ccc2c1=O. The number of aryl methyl sites for hydroxylation is 1. The predicted molar refractivity (Wildman–Crippen MR) is 77.4 cm³/mol. The third-order valence-electron chi connectivity index (χ3n) is 3.12. The Hall–Kier alpha value is -2.50. The minimum absolute atomic E-state index is 0.217. The lowest BCUT2D eigenvalue weighted by atomic mass is 10.1. The monoisotopic (exact) mass is 288 g/mol. The smallest absolute Gasteiger partial charge is 0.327 e. The molecule has 110 valence electrons. The Morgan fingerprint density at radius 1 is 1.33 bits per heavy atom. The van der Waals surface area contributed by atoms with Crippen molar-refractivity contribution in [2.75, 3.05) is 6.61 Å². The van der Waals surface area contributed by atoms with Crippen molar-refractivity contribution >= 4 is 23.0 Å².